The van der Waals surface area contributed by atoms with E-state index in [0.717, 1.165) is 16.7 Å². The second-order valence-corrected chi connectivity index (χ2v) is 8.68. The number of anilines is 1. The monoisotopic (exact) mass is 309 g/mol. The Hall–Kier alpha value is -0.970. The van der Waals surface area contributed by atoms with Crippen molar-refractivity contribution in [3.05, 3.63) is 17.2 Å². The molecule has 0 radical (unpaired) electrons. The summed E-state index contributed by atoms with van der Waals surface area (Å²) in [5, 5.41) is 1.16. The highest BCUT2D eigenvalue weighted by Crippen LogP contribution is 2.25. The molecule has 1 unspecified atom stereocenters. The molecule has 0 aliphatic carbocycles. The molecule has 0 bridgehead atoms. The van der Waals surface area contributed by atoms with Crippen molar-refractivity contribution >= 4 is 36.3 Å². The van der Waals surface area contributed by atoms with Gasteiger partial charge in [0.05, 0.1) is 17.5 Å². The Morgan fingerprint density at radius 2 is 2.22 bits per heavy atom. The lowest BCUT2D eigenvalue weighted by Gasteiger charge is -2.09. The normalized spacial score (nSPS) is 22.4. The van der Waals surface area contributed by atoms with Crippen molar-refractivity contribution in [3.63, 3.8) is 0 Å². The molecule has 3 N–H and O–H groups in total. The van der Waals surface area contributed by atoms with Gasteiger partial charge in [0.15, 0.2) is 19.2 Å². The first kappa shape index (κ1) is 13.5. The van der Waals surface area contributed by atoms with Crippen LogP contribution in [0.15, 0.2) is 15.7 Å². The minimum absolute atomic E-state index is 0.0118. The average molecular weight is 309 g/mol. The summed E-state index contributed by atoms with van der Waals surface area (Å²) in [6.07, 6.45) is 1.31. The fraction of sp³-hybridized carbons (Fsp3) is 0.375. The van der Waals surface area contributed by atoms with Gasteiger partial charge < -0.3 is 5.73 Å². The Balaban J connectivity index is 2.24. The molecular weight excluding hydrogens is 298 g/mol. The molecule has 0 saturated carbocycles. The second kappa shape index (κ2) is 4.30. The summed E-state index contributed by atoms with van der Waals surface area (Å²) in [6, 6.07) is -0.747. The zero-order chi connectivity index (χ0) is 13.6. The lowest BCUT2D eigenvalue weighted by atomic mass is 10.4. The van der Waals surface area contributed by atoms with E-state index >= 15 is 0 Å². The molecule has 100 valence electrons. The van der Waals surface area contributed by atoms with Crippen molar-refractivity contribution in [1.82, 2.24) is 9.71 Å². The number of hydrogen-bond donors (Lipinski definition) is 2. The molecule has 0 spiro atoms. The highest BCUT2D eigenvalue weighted by molar-refractivity contribution is 7.94. The lowest BCUT2D eigenvalue weighted by Crippen LogP contribution is -2.35. The van der Waals surface area contributed by atoms with Crippen LogP contribution in [0.2, 0.25) is 0 Å². The van der Waals surface area contributed by atoms with Gasteiger partial charge in [-0.15, -0.1) is 0 Å². The molecule has 0 amide bonds. The summed E-state index contributed by atoms with van der Waals surface area (Å²) in [5.41, 5.74) is 5.73. The van der Waals surface area contributed by atoms with Crippen LogP contribution in [-0.2, 0) is 19.9 Å². The molecule has 1 aliphatic rings. The number of rotatable bonds is 3. The number of hydrogen-bond acceptors (Lipinski definition) is 7. The Labute approximate surface area is 109 Å². The van der Waals surface area contributed by atoms with E-state index in [-0.39, 0.29) is 15.1 Å². The molecule has 1 aromatic heterocycles. The van der Waals surface area contributed by atoms with Crippen molar-refractivity contribution in [3.8, 4) is 0 Å². The topological polar surface area (TPSA) is 119 Å². The largest absolute Gasteiger partial charge is 0.375 e. The molecule has 2 rings (SSSR count). The fourth-order valence-corrected chi connectivity index (χ4v) is 5.40. The number of aromatic nitrogens is 1. The Kier molecular flexibility index (Phi) is 3.21. The summed E-state index contributed by atoms with van der Waals surface area (Å²) in [5.74, 6) is -0.264. The van der Waals surface area contributed by atoms with Crippen molar-refractivity contribution < 1.29 is 16.8 Å². The van der Waals surface area contributed by atoms with E-state index in [1.54, 1.807) is 0 Å². The molecule has 1 atom stereocenters. The summed E-state index contributed by atoms with van der Waals surface area (Å²) < 4.78 is 48.7. The van der Waals surface area contributed by atoms with E-state index in [9.17, 15) is 16.8 Å². The van der Waals surface area contributed by atoms with E-state index in [2.05, 4.69) is 9.71 Å². The predicted molar refractivity (Wildman–Crippen MR) is 68.3 cm³/mol. The molecule has 10 heteroatoms. The number of nitrogen functional groups attached to an aromatic ring is 1. The molecule has 7 nitrogen and oxygen atoms in total. The smallest absolute Gasteiger partial charge is 0.252 e. The third-order valence-corrected chi connectivity index (χ3v) is 6.73. The van der Waals surface area contributed by atoms with Crippen molar-refractivity contribution in [2.75, 3.05) is 11.5 Å². The second-order valence-electron chi connectivity index (χ2n) is 3.81. The Morgan fingerprint density at radius 3 is 2.67 bits per heavy atom. The molecule has 0 aromatic carbocycles. The van der Waals surface area contributed by atoms with Crippen LogP contribution in [0.1, 0.15) is 5.69 Å². The number of nitrogens with one attached hydrogen (secondary N) is 1. The number of aryl methyl sites for hydroxylation is 1. The lowest BCUT2D eigenvalue weighted by molar-refractivity contribution is 0.576. The van der Waals surface area contributed by atoms with Crippen molar-refractivity contribution in [1.29, 1.82) is 0 Å². The molecule has 0 saturated heterocycles. The van der Waals surface area contributed by atoms with Gasteiger partial charge in [-0.05, 0) is 6.92 Å². The molecule has 0 fully saturated rings. The zero-order valence-corrected chi connectivity index (χ0v) is 11.8. The van der Waals surface area contributed by atoms with Gasteiger partial charge in [0.25, 0.3) is 10.0 Å². The Bertz CT molecular complexity index is 702. The number of sulfone groups is 1. The minimum atomic E-state index is -3.79. The number of sulfonamides is 1. The Morgan fingerprint density at radius 1 is 1.56 bits per heavy atom. The van der Waals surface area contributed by atoms with Gasteiger partial charge >= 0.3 is 0 Å². The maximum atomic E-state index is 12.0. The van der Waals surface area contributed by atoms with Gasteiger partial charge in [0.2, 0.25) is 0 Å². The van der Waals surface area contributed by atoms with E-state index in [1.807, 2.05) is 0 Å². The van der Waals surface area contributed by atoms with Gasteiger partial charge in [-0.2, -0.15) is 0 Å². The summed E-state index contributed by atoms with van der Waals surface area (Å²) >= 11 is 0.847. The van der Waals surface area contributed by atoms with Crippen LogP contribution in [-0.4, -0.2) is 33.6 Å². The minimum Gasteiger partial charge on any atom is -0.375 e. The predicted octanol–water partition coefficient (Wildman–Crippen LogP) is -0.377. The van der Waals surface area contributed by atoms with Gasteiger partial charge in [0, 0.05) is 5.41 Å². The summed E-state index contributed by atoms with van der Waals surface area (Å²) in [6.45, 7) is 1.53. The van der Waals surface area contributed by atoms with Gasteiger partial charge in [-0.1, -0.05) is 17.4 Å². The quantitative estimate of drug-likeness (QED) is 0.785. The summed E-state index contributed by atoms with van der Waals surface area (Å²) in [4.78, 5) is 3.82. The molecule has 1 aliphatic heterocycles. The average Bonchev–Trinajstić information content (AvgIpc) is 2.69. The molecular formula is C8H11N3O4S3. The van der Waals surface area contributed by atoms with Crippen LogP contribution < -0.4 is 10.5 Å². The van der Waals surface area contributed by atoms with E-state index in [4.69, 9.17) is 5.73 Å². The van der Waals surface area contributed by atoms with Gasteiger partial charge in [0.1, 0.15) is 0 Å². The highest BCUT2D eigenvalue weighted by Gasteiger charge is 2.29. The first-order valence-electron chi connectivity index (χ1n) is 4.86. The van der Waals surface area contributed by atoms with Crippen LogP contribution in [0.25, 0.3) is 0 Å². The summed E-state index contributed by atoms with van der Waals surface area (Å²) in [7, 11) is -7.09. The maximum Gasteiger partial charge on any atom is 0.252 e. The third-order valence-electron chi connectivity index (χ3n) is 2.25. The van der Waals surface area contributed by atoms with Gasteiger partial charge in [-0.3, -0.25) is 0 Å². The highest BCUT2D eigenvalue weighted by atomic mass is 32.2. The van der Waals surface area contributed by atoms with E-state index in [1.165, 1.54) is 13.0 Å². The van der Waals surface area contributed by atoms with Gasteiger partial charge in [-0.25, -0.2) is 26.5 Å². The van der Waals surface area contributed by atoms with E-state index < -0.39 is 25.9 Å². The number of thiazole rings is 1. The SMILES string of the molecule is Cc1nc(N)sc1S(=O)(=O)NC1C=CS(=O)(=O)C1. The standard InChI is InChI=1S/C8H11N3O4S3/c1-5-7(16-8(9)10-5)18(14,15)11-6-2-3-17(12,13)4-6/h2-3,6,11H,4H2,1H3,(H2,9,10). The number of nitrogens with two attached hydrogens (primary N) is 1. The first-order chi connectivity index (χ1) is 8.20. The van der Waals surface area contributed by atoms with Crippen LogP contribution >= 0.6 is 11.3 Å². The van der Waals surface area contributed by atoms with Crippen molar-refractivity contribution in [2.24, 2.45) is 0 Å². The molecule has 1 aromatic rings. The number of nitrogens with zero attached hydrogens (tertiary/aromatic N) is 1. The van der Waals surface area contributed by atoms with Crippen LogP contribution in [0.3, 0.4) is 0 Å². The molecule has 18 heavy (non-hydrogen) atoms. The molecule has 2 heterocycles. The zero-order valence-electron chi connectivity index (χ0n) is 9.32. The van der Waals surface area contributed by atoms with E-state index in [0.29, 0.717) is 5.69 Å². The third kappa shape index (κ3) is 2.71. The van der Waals surface area contributed by atoms with Crippen molar-refractivity contribution in [2.45, 2.75) is 17.2 Å². The fourth-order valence-electron chi connectivity index (χ4n) is 1.55. The maximum absolute atomic E-state index is 12.0. The van der Waals surface area contributed by atoms with Crippen LogP contribution in [0.4, 0.5) is 5.13 Å². The first-order valence-corrected chi connectivity index (χ1v) is 8.87. The van der Waals surface area contributed by atoms with Crippen LogP contribution in [0, 0.1) is 6.92 Å². The van der Waals surface area contributed by atoms with Crippen LogP contribution in [0.5, 0.6) is 0 Å².